The van der Waals surface area contributed by atoms with Crippen LogP contribution in [0.2, 0.25) is 0 Å². The monoisotopic (exact) mass is 426 g/mol. The minimum absolute atomic E-state index is 0.142. The van der Waals surface area contributed by atoms with E-state index in [4.69, 9.17) is 0 Å². The molecule has 2 amide bonds. The summed E-state index contributed by atoms with van der Waals surface area (Å²) in [6, 6.07) is 14.5. The second kappa shape index (κ2) is 6.56. The van der Waals surface area contributed by atoms with Gasteiger partial charge in [-0.2, -0.15) is 0 Å². The number of fused-ring (bicyclic) bond motifs is 7. The van der Waals surface area contributed by atoms with Crippen LogP contribution in [-0.4, -0.2) is 38.3 Å². The minimum atomic E-state index is -0.587. The summed E-state index contributed by atoms with van der Waals surface area (Å²) >= 11 is 0. The summed E-state index contributed by atoms with van der Waals surface area (Å²) in [6.07, 6.45) is 2.08. The molecule has 0 radical (unpaired) electrons. The number of nitrogens with one attached hydrogen (secondary N) is 2. The van der Waals surface area contributed by atoms with E-state index >= 15 is 0 Å². The van der Waals surface area contributed by atoms with Crippen molar-refractivity contribution in [3.63, 3.8) is 0 Å². The Morgan fingerprint density at radius 2 is 1.81 bits per heavy atom. The number of piperazine rings is 1. The van der Waals surface area contributed by atoms with E-state index in [1.165, 1.54) is 4.57 Å². The zero-order chi connectivity index (χ0) is 22.1. The van der Waals surface area contributed by atoms with Crippen molar-refractivity contribution in [1.82, 2.24) is 19.8 Å². The molecule has 2 bridgehead atoms. The second-order valence-corrected chi connectivity index (χ2v) is 8.75. The molecule has 4 aromatic rings. The average Bonchev–Trinajstić information content (AvgIpc) is 3.18. The molecule has 2 aromatic carbocycles. The molecule has 2 aliphatic heterocycles. The number of para-hydroxylation sites is 1. The van der Waals surface area contributed by atoms with Gasteiger partial charge in [0.25, 0.3) is 11.5 Å². The van der Waals surface area contributed by atoms with Gasteiger partial charge in [-0.1, -0.05) is 42.5 Å². The molecule has 6 rings (SSSR count). The first-order valence-corrected chi connectivity index (χ1v) is 10.8. The topological polar surface area (TPSA) is 87.2 Å². The lowest BCUT2D eigenvalue weighted by atomic mass is 9.81. The Bertz CT molecular complexity index is 1500. The number of nitrogens with zero attached hydrogens (tertiary/aromatic N) is 2. The van der Waals surface area contributed by atoms with Gasteiger partial charge in [0.15, 0.2) is 0 Å². The molecule has 0 saturated carbocycles. The summed E-state index contributed by atoms with van der Waals surface area (Å²) in [7, 11) is 1.64. The molecule has 2 N–H and O–H groups in total. The average molecular weight is 426 g/mol. The minimum Gasteiger partial charge on any atom is -0.350 e. The molecule has 160 valence electrons. The third kappa shape index (κ3) is 2.45. The lowest BCUT2D eigenvalue weighted by molar-refractivity contribution is -0.132. The summed E-state index contributed by atoms with van der Waals surface area (Å²) in [5, 5.41) is 4.48. The van der Waals surface area contributed by atoms with Crippen molar-refractivity contribution in [2.75, 3.05) is 0 Å². The largest absolute Gasteiger partial charge is 0.350 e. The van der Waals surface area contributed by atoms with Crippen LogP contribution in [-0.2, 0) is 18.3 Å². The Labute approximate surface area is 183 Å². The number of H-pyrrole nitrogens is 1. The van der Waals surface area contributed by atoms with Crippen LogP contribution in [0.4, 0.5) is 0 Å². The van der Waals surface area contributed by atoms with Crippen LogP contribution in [0.3, 0.4) is 0 Å². The number of hydrogen-bond donors (Lipinski definition) is 2. The van der Waals surface area contributed by atoms with Crippen LogP contribution in [0, 0.1) is 0 Å². The molecular formula is C25H22N4O3. The van der Waals surface area contributed by atoms with Crippen LogP contribution in [0.5, 0.6) is 0 Å². The standard InChI is InChI=1S/C25H22N4O3/c1-13-22-15-8-4-3-7-14(15)11-19(23(30)26-13)29(22)24(31)17-12-28(2)25(32)21-20(17)16-9-5-6-10-18(16)27-21/h3-10,12-13,19,22,27H,11H2,1-2H3,(H,26,30)/t13-,19+,22+/m1/s1. The Morgan fingerprint density at radius 1 is 1.06 bits per heavy atom. The SMILES string of the molecule is C[C@H]1NC(=O)[C@@H]2Cc3ccccc3[C@H]1N2C(=O)c1cn(C)c(=O)c2[nH]c3ccccc3c12. The van der Waals surface area contributed by atoms with E-state index in [0.717, 1.165) is 22.0 Å². The number of aromatic amines is 1. The number of aryl methyl sites for hydroxylation is 1. The summed E-state index contributed by atoms with van der Waals surface area (Å²) < 4.78 is 1.43. The first-order valence-electron chi connectivity index (χ1n) is 10.8. The lowest BCUT2D eigenvalue weighted by Gasteiger charge is -2.49. The van der Waals surface area contributed by atoms with Crippen LogP contribution in [0.1, 0.15) is 34.5 Å². The van der Waals surface area contributed by atoms with E-state index in [-0.39, 0.29) is 29.5 Å². The normalized spacial score (nSPS) is 22.1. The van der Waals surface area contributed by atoms with E-state index in [9.17, 15) is 14.4 Å². The van der Waals surface area contributed by atoms with Gasteiger partial charge < -0.3 is 19.8 Å². The van der Waals surface area contributed by atoms with E-state index in [1.807, 2.05) is 55.5 Å². The molecule has 0 aliphatic carbocycles. The molecule has 2 aliphatic rings. The van der Waals surface area contributed by atoms with Crippen molar-refractivity contribution in [2.45, 2.75) is 31.5 Å². The lowest BCUT2D eigenvalue weighted by Crippen LogP contribution is -2.64. The summed E-state index contributed by atoms with van der Waals surface area (Å²) in [5.41, 5.74) is 3.60. The number of hydrogen-bond acceptors (Lipinski definition) is 3. The summed E-state index contributed by atoms with van der Waals surface area (Å²) in [4.78, 5) is 44.9. The molecule has 7 heteroatoms. The van der Waals surface area contributed by atoms with Gasteiger partial charge in [-0.15, -0.1) is 0 Å². The van der Waals surface area contributed by atoms with Gasteiger partial charge in [-0.05, 0) is 24.1 Å². The molecule has 4 heterocycles. The molecule has 2 aromatic heterocycles. The van der Waals surface area contributed by atoms with Gasteiger partial charge in [-0.25, -0.2) is 0 Å². The smallest absolute Gasteiger partial charge is 0.274 e. The highest BCUT2D eigenvalue weighted by molar-refractivity contribution is 6.17. The highest BCUT2D eigenvalue weighted by atomic mass is 16.2. The highest BCUT2D eigenvalue weighted by Crippen LogP contribution is 2.40. The molecule has 0 unspecified atom stereocenters. The zero-order valence-electron chi connectivity index (χ0n) is 17.8. The molecule has 1 saturated heterocycles. The number of rotatable bonds is 1. The van der Waals surface area contributed by atoms with Crippen molar-refractivity contribution >= 4 is 33.6 Å². The van der Waals surface area contributed by atoms with Gasteiger partial charge in [-0.3, -0.25) is 14.4 Å². The van der Waals surface area contributed by atoms with Crippen molar-refractivity contribution in [1.29, 1.82) is 0 Å². The van der Waals surface area contributed by atoms with E-state index in [1.54, 1.807) is 18.1 Å². The van der Waals surface area contributed by atoms with Crippen molar-refractivity contribution < 1.29 is 9.59 Å². The number of amides is 2. The van der Waals surface area contributed by atoms with Crippen molar-refractivity contribution in [2.24, 2.45) is 7.05 Å². The fraction of sp³-hybridized carbons (Fsp3) is 0.240. The third-order valence-corrected chi connectivity index (χ3v) is 6.87. The molecule has 0 spiro atoms. The number of carbonyl (C=O) groups excluding carboxylic acids is 2. The fourth-order valence-corrected chi connectivity index (χ4v) is 5.43. The number of pyridine rings is 1. The molecule has 3 atom stereocenters. The molecular weight excluding hydrogens is 404 g/mol. The second-order valence-electron chi connectivity index (χ2n) is 8.75. The predicted molar refractivity (Wildman–Crippen MR) is 121 cm³/mol. The Hall–Kier alpha value is -3.87. The number of carbonyl (C=O) groups is 2. The predicted octanol–water partition coefficient (Wildman–Crippen LogP) is 2.65. The quantitative estimate of drug-likeness (QED) is 0.491. The van der Waals surface area contributed by atoms with Crippen molar-refractivity contribution in [3.05, 3.63) is 81.8 Å². The van der Waals surface area contributed by atoms with Crippen LogP contribution in [0.25, 0.3) is 21.8 Å². The van der Waals surface area contributed by atoms with Gasteiger partial charge in [0.2, 0.25) is 5.91 Å². The summed E-state index contributed by atoms with van der Waals surface area (Å²) in [6.45, 7) is 1.93. The first kappa shape index (κ1) is 18.9. The third-order valence-electron chi connectivity index (χ3n) is 6.87. The van der Waals surface area contributed by atoms with Gasteiger partial charge in [0, 0.05) is 36.0 Å². The Balaban J connectivity index is 1.60. The molecule has 7 nitrogen and oxygen atoms in total. The Kier molecular flexibility index (Phi) is 3.87. The van der Waals surface area contributed by atoms with Crippen LogP contribution < -0.4 is 10.9 Å². The number of benzene rings is 2. The van der Waals surface area contributed by atoms with Gasteiger partial charge in [0.1, 0.15) is 11.6 Å². The number of aromatic nitrogens is 2. The van der Waals surface area contributed by atoms with Crippen LogP contribution >= 0.6 is 0 Å². The Morgan fingerprint density at radius 3 is 2.66 bits per heavy atom. The molecule has 1 fully saturated rings. The van der Waals surface area contributed by atoms with E-state index < -0.39 is 6.04 Å². The fourth-order valence-electron chi connectivity index (χ4n) is 5.43. The highest BCUT2D eigenvalue weighted by Gasteiger charge is 2.48. The van der Waals surface area contributed by atoms with E-state index in [2.05, 4.69) is 10.3 Å². The maximum Gasteiger partial charge on any atom is 0.274 e. The van der Waals surface area contributed by atoms with Gasteiger partial charge in [0.05, 0.1) is 17.6 Å². The summed E-state index contributed by atoms with van der Waals surface area (Å²) in [5.74, 6) is -0.377. The van der Waals surface area contributed by atoms with E-state index in [0.29, 0.717) is 22.9 Å². The van der Waals surface area contributed by atoms with Gasteiger partial charge >= 0.3 is 0 Å². The zero-order valence-corrected chi connectivity index (χ0v) is 17.8. The first-order chi connectivity index (χ1) is 15.5. The maximum absolute atomic E-state index is 14.2. The van der Waals surface area contributed by atoms with Crippen LogP contribution in [0.15, 0.2) is 59.5 Å². The molecule has 32 heavy (non-hydrogen) atoms. The van der Waals surface area contributed by atoms with Crippen molar-refractivity contribution in [3.8, 4) is 0 Å². The maximum atomic E-state index is 14.2.